The zero-order chi connectivity index (χ0) is 24.3. The number of nitrogens with zero attached hydrogens (tertiary/aromatic N) is 1. The largest absolute Gasteiger partial charge is 0.494 e. The highest BCUT2D eigenvalue weighted by Crippen LogP contribution is 2.15. The number of hydrogen-bond acceptors (Lipinski definition) is 4. The standard InChI is InChI=1S/C27H26IN3O3/c1-3-17-34-24-15-9-20(10-16-24)18-25(29-26(32)22-7-5-4-6-8-22)27(33)31-30-19(2)21-11-13-23(28)14-12-21/h4-16,18H,3,17H2,1-2H3,(H,29,32)(H,31,33). The summed E-state index contributed by atoms with van der Waals surface area (Å²) in [5.74, 6) is -0.167. The number of carbonyl (C=O) groups is 2. The van der Waals surface area contributed by atoms with Gasteiger partial charge in [0.05, 0.1) is 12.3 Å². The van der Waals surface area contributed by atoms with Crippen LogP contribution in [0.25, 0.3) is 6.08 Å². The third-order valence-electron chi connectivity index (χ3n) is 4.78. The van der Waals surface area contributed by atoms with Crippen molar-refractivity contribution in [3.63, 3.8) is 0 Å². The first-order chi connectivity index (χ1) is 16.5. The van der Waals surface area contributed by atoms with E-state index in [1.807, 2.05) is 68.4 Å². The minimum absolute atomic E-state index is 0.0789. The van der Waals surface area contributed by atoms with Crippen molar-refractivity contribution < 1.29 is 14.3 Å². The summed E-state index contributed by atoms with van der Waals surface area (Å²) in [6, 6.07) is 23.8. The molecular formula is C27H26IN3O3. The summed E-state index contributed by atoms with van der Waals surface area (Å²) in [5, 5.41) is 6.93. The van der Waals surface area contributed by atoms with Gasteiger partial charge in [0, 0.05) is 9.13 Å². The van der Waals surface area contributed by atoms with Gasteiger partial charge in [-0.1, -0.05) is 49.4 Å². The number of amides is 2. The Morgan fingerprint density at radius 2 is 1.62 bits per heavy atom. The third kappa shape index (κ3) is 7.55. The molecule has 6 nitrogen and oxygen atoms in total. The molecule has 3 rings (SSSR count). The normalized spacial score (nSPS) is 11.6. The molecule has 0 spiro atoms. The molecule has 0 atom stereocenters. The van der Waals surface area contributed by atoms with Gasteiger partial charge in [0.2, 0.25) is 0 Å². The maximum atomic E-state index is 13.0. The van der Waals surface area contributed by atoms with Crippen molar-refractivity contribution in [1.29, 1.82) is 0 Å². The number of benzene rings is 3. The molecule has 7 heteroatoms. The fourth-order valence-corrected chi connectivity index (χ4v) is 3.30. The van der Waals surface area contributed by atoms with E-state index in [0.29, 0.717) is 17.9 Å². The Morgan fingerprint density at radius 1 is 0.941 bits per heavy atom. The van der Waals surface area contributed by atoms with Crippen LogP contribution in [0.2, 0.25) is 0 Å². The van der Waals surface area contributed by atoms with Gasteiger partial charge in [-0.3, -0.25) is 9.59 Å². The van der Waals surface area contributed by atoms with Crippen LogP contribution in [0.15, 0.2) is 89.7 Å². The van der Waals surface area contributed by atoms with Crippen molar-refractivity contribution in [3.8, 4) is 5.75 Å². The molecular weight excluding hydrogens is 541 g/mol. The average Bonchev–Trinajstić information content (AvgIpc) is 2.87. The first-order valence-electron chi connectivity index (χ1n) is 10.9. The van der Waals surface area contributed by atoms with Crippen molar-refractivity contribution in [1.82, 2.24) is 10.7 Å². The van der Waals surface area contributed by atoms with Crippen molar-refractivity contribution in [3.05, 3.63) is 105 Å². The summed E-state index contributed by atoms with van der Waals surface area (Å²) in [7, 11) is 0. The molecule has 0 saturated heterocycles. The monoisotopic (exact) mass is 567 g/mol. The first-order valence-corrected chi connectivity index (χ1v) is 12.0. The summed E-state index contributed by atoms with van der Waals surface area (Å²) in [6.45, 7) is 4.48. The van der Waals surface area contributed by atoms with Crippen LogP contribution < -0.4 is 15.5 Å². The van der Waals surface area contributed by atoms with Gasteiger partial charge in [-0.25, -0.2) is 5.43 Å². The molecule has 0 aliphatic rings. The lowest BCUT2D eigenvalue weighted by Gasteiger charge is -2.10. The molecule has 0 fully saturated rings. The second kappa shape index (κ2) is 12.7. The van der Waals surface area contributed by atoms with Gasteiger partial charge in [-0.2, -0.15) is 5.10 Å². The van der Waals surface area contributed by atoms with Crippen molar-refractivity contribution >= 4 is 46.2 Å². The Morgan fingerprint density at radius 3 is 2.26 bits per heavy atom. The van der Waals surface area contributed by atoms with Gasteiger partial charge in [-0.05, 0) is 89.5 Å². The van der Waals surface area contributed by atoms with E-state index in [0.717, 1.165) is 26.9 Å². The first kappa shape index (κ1) is 25.2. The van der Waals surface area contributed by atoms with Crippen molar-refractivity contribution in [2.75, 3.05) is 6.61 Å². The van der Waals surface area contributed by atoms with E-state index < -0.39 is 5.91 Å². The number of hydrazone groups is 1. The predicted octanol–water partition coefficient (Wildman–Crippen LogP) is 5.39. The molecule has 0 unspecified atom stereocenters. The van der Waals surface area contributed by atoms with Gasteiger partial charge in [-0.15, -0.1) is 0 Å². The molecule has 0 aliphatic carbocycles. The van der Waals surface area contributed by atoms with Gasteiger partial charge in [0.25, 0.3) is 11.8 Å². The Labute approximate surface area is 213 Å². The second-order valence-corrected chi connectivity index (χ2v) is 8.69. The highest BCUT2D eigenvalue weighted by Gasteiger charge is 2.14. The minimum Gasteiger partial charge on any atom is -0.494 e. The van der Waals surface area contributed by atoms with E-state index in [-0.39, 0.29) is 11.6 Å². The Bertz CT molecular complexity index is 1170. The SMILES string of the molecule is CCCOc1ccc(C=C(NC(=O)c2ccccc2)C(=O)NN=C(C)c2ccc(I)cc2)cc1. The number of halogens is 1. The van der Waals surface area contributed by atoms with Crippen LogP contribution in [-0.4, -0.2) is 24.1 Å². The lowest BCUT2D eigenvalue weighted by atomic mass is 10.1. The summed E-state index contributed by atoms with van der Waals surface area (Å²) in [6.07, 6.45) is 2.52. The summed E-state index contributed by atoms with van der Waals surface area (Å²) < 4.78 is 6.72. The molecule has 0 aliphatic heterocycles. The van der Waals surface area contributed by atoms with Crippen molar-refractivity contribution in [2.24, 2.45) is 5.10 Å². The third-order valence-corrected chi connectivity index (χ3v) is 5.50. The van der Waals surface area contributed by atoms with Crippen LogP contribution in [0.4, 0.5) is 0 Å². The molecule has 3 aromatic rings. The average molecular weight is 567 g/mol. The Hall–Kier alpha value is -3.46. The lowest BCUT2D eigenvalue weighted by Crippen LogP contribution is -2.33. The van der Waals surface area contributed by atoms with E-state index in [2.05, 4.69) is 38.4 Å². The predicted molar refractivity (Wildman–Crippen MR) is 144 cm³/mol. The Kier molecular flexibility index (Phi) is 9.40. The topological polar surface area (TPSA) is 79.8 Å². The molecule has 34 heavy (non-hydrogen) atoms. The van der Waals surface area contributed by atoms with E-state index in [4.69, 9.17) is 4.74 Å². The number of carbonyl (C=O) groups excluding carboxylic acids is 2. The van der Waals surface area contributed by atoms with Crippen LogP contribution in [0.1, 0.15) is 41.8 Å². The minimum atomic E-state index is -0.527. The lowest BCUT2D eigenvalue weighted by molar-refractivity contribution is -0.117. The molecule has 0 bridgehead atoms. The van der Waals surface area contributed by atoms with E-state index >= 15 is 0 Å². The zero-order valence-electron chi connectivity index (χ0n) is 19.0. The molecule has 2 amide bonds. The molecule has 0 radical (unpaired) electrons. The highest BCUT2D eigenvalue weighted by atomic mass is 127. The van der Waals surface area contributed by atoms with Gasteiger partial charge in [0.15, 0.2) is 0 Å². The smallest absolute Gasteiger partial charge is 0.287 e. The van der Waals surface area contributed by atoms with Crippen LogP contribution in [0.3, 0.4) is 0 Å². The summed E-state index contributed by atoms with van der Waals surface area (Å²) in [4.78, 5) is 25.7. The van der Waals surface area contributed by atoms with E-state index in [9.17, 15) is 9.59 Å². The molecule has 3 aromatic carbocycles. The van der Waals surface area contributed by atoms with Gasteiger partial charge >= 0.3 is 0 Å². The number of rotatable bonds is 9. The van der Waals surface area contributed by atoms with Crippen LogP contribution in [-0.2, 0) is 4.79 Å². The van der Waals surface area contributed by atoms with Crippen LogP contribution in [0, 0.1) is 3.57 Å². The fourth-order valence-electron chi connectivity index (χ4n) is 2.94. The second-order valence-electron chi connectivity index (χ2n) is 7.44. The molecule has 174 valence electrons. The molecule has 0 heterocycles. The molecule has 0 saturated carbocycles. The number of nitrogens with one attached hydrogen (secondary N) is 2. The van der Waals surface area contributed by atoms with Crippen molar-refractivity contribution in [2.45, 2.75) is 20.3 Å². The van der Waals surface area contributed by atoms with Crippen LogP contribution in [0.5, 0.6) is 5.75 Å². The highest BCUT2D eigenvalue weighted by molar-refractivity contribution is 14.1. The number of ether oxygens (including phenoxy) is 1. The fraction of sp³-hybridized carbons (Fsp3) is 0.148. The summed E-state index contributed by atoms with van der Waals surface area (Å²) in [5.41, 5.74) is 5.35. The van der Waals surface area contributed by atoms with Gasteiger partial charge in [0.1, 0.15) is 11.4 Å². The quantitative estimate of drug-likeness (QED) is 0.158. The zero-order valence-corrected chi connectivity index (χ0v) is 21.2. The maximum absolute atomic E-state index is 13.0. The van der Waals surface area contributed by atoms with E-state index in [1.54, 1.807) is 30.3 Å². The van der Waals surface area contributed by atoms with Crippen LogP contribution >= 0.6 is 22.6 Å². The van der Waals surface area contributed by atoms with Gasteiger partial charge < -0.3 is 10.1 Å². The maximum Gasteiger partial charge on any atom is 0.287 e. The summed E-state index contributed by atoms with van der Waals surface area (Å²) >= 11 is 2.23. The molecule has 2 N–H and O–H groups in total. The molecule has 0 aromatic heterocycles. The van der Waals surface area contributed by atoms with E-state index in [1.165, 1.54) is 0 Å². The Balaban J connectivity index is 1.82. The number of hydrogen-bond donors (Lipinski definition) is 2.